The van der Waals surface area contributed by atoms with E-state index in [4.69, 9.17) is 4.74 Å². The second-order valence-electron chi connectivity index (χ2n) is 5.88. The molecule has 0 bridgehead atoms. The van der Waals surface area contributed by atoms with Gasteiger partial charge in [-0.05, 0) is 19.3 Å². The Morgan fingerprint density at radius 2 is 2.09 bits per heavy atom. The molecule has 3 aromatic rings. The summed E-state index contributed by atoms with van der Waals surface area (Å²) in [6.45, 7) is 0. The lowest BCUT2D eigenvalue weighted by atomic mass is 10.1. The van der Waals surface area contributed by atoms with Gasteiger partial charge in [0.05, 0.1) is 11.8 Å². The van der Waals surface area contributed by atoms with Crippen LogP contribution in [0.25, 0.3) is 17.0 Å². The molecule has 0 radical (unpaired) electrons. The maximum absolute atomic E-state index is 5.46. The van der Waals surface area contributed by atoms with Gasteiger partial charge in [0.15, 0.2) is 0 Å². The first-order valence-corrected chi connectivity index (χ1v) is 7.89. The van der Waals surface area contributed by atoms with Crippen molar-refractivity contribution >= 4 is 11.6 Å². The molecule has 1 saturated carbocycles. The number of benzene rings is 1. The average Bonchev–Trinajstić information content (AvgIpc) is 3.24. The molecule has 2 unspecified atom stereocenters. The first kappa shape index (κ1) is 14.1. The van der Waals surface area contributed by atoms with Gasteiger partial charge in [0.1, 0.15) is 12.1 Å². The maximum Gasteiger partial charge on any atom is 0.254 e. The molecule has 1 fully saturated rings. The van der Waals surface area contributed by atoms with Gasteiger partial charge in [-0.2, -0.15) is 14.6 Å². The number of nitrogens with zero attached hydrogens (tertiary/aromatic N) is 4. The van der Waals surface area contributed by atoms with Crippen LogP contribution in [-0.4, -0.2) is 38.8 Å². The summed E-state index contributed by atoms with van der Waals surface area (Å²) in [5, 5.41) is 7.87. The summed E-state index contributed by atoms with van der Waals surface area (Å²) in [5.41, 5.74) is 1.97. The minimum atomic E-state index is 0.342. The van der Waals surface area contributed by atoms with Crippen LogP contribution in [0, 0.1) is 0 Å². The van der Waals surface area contributed by atoms with Gasteiger partial charge in [-0.25, -0.2) is 4.98 Å². The van der Waals surface area contributed by atoms with Crippen LogP contribution in [0.3, 0.4) is 0 Å². The zero-order chi connectivity index (χ0) is 15.6. The summed E-state index contributed by atoms with van der Waals surface area (Å²) in [7, 11) is 1.78. The van der Waals surface area contributed by atoms with Gasteiger partial charge in [0.2, 0.25) is 0 Å². The van der Waals surface area contributed by atoms with E-state index in [9.17, 15) is 0 Å². The van der Waals surface area contributed by atoms with Crippen LogP contribution in [-0.2, 0) is 4.74 Å². The molecule has 23 heavy (non-hydrogen) atoms. The lowest BCUT2D eigenvalue weighted by molar-refractivity contribution is 0.108. The van der Waals surface area contributed by atoms with Gasteiger partial charge in [0.25, 0.3) is 5.78 Å². The number of nitrogens with one attached hydrogen (secondary N) is 1. The number of rotatable bonds is 4. The Morgan fingerprint density at radius 3 is 2.87 bits per heavy atom. The Labute approximate surface area is 134 Å². The summed E-state index contributed by atoms with van der Waals surface area (Å²) in [6, 6.07) is 12.6. The topological polar surface area (TPSA) is 64.3 Å². The van der Waals surface area contributed by atoms with Crippen molar-refractivity contribution in [2.24, 2.45) is 0 Å². The SMILES string of the molecule is COC1CCC(Nc2cc(-c3ccccc3)nc3ncnn23)C1. The van der Waals surface area contributed by atoms with Crippen LogP contribution in [0.15, 0.2) is 42.7 Å². The van der Waals surface area contributed by atoms with Crippen LogP contribution in [0.1, 0.15) is 19.3 Å². The maximum atomic E-state index is 5.46. The number of hydrogen-bond donors (Lipinski definition) is 1. The van der Waals surface area contributed by atoms with Gasteiger partial charge in [0, 0.05) is 24.8 Å². The zero-order valence-electron chi connectivity index (χ0n) is 13.0. The second-order valence-corrected chi connectivity index (χ2v) is 5.88. The molecule has 2 aromatic heterocycles. The van der Waals surface area contributed by atoms with Crippen LogP contribution in [0.5, 0.6) is 0 Å². The number of aromatic nitrogens is 4. The molecule has 1 aliphatic rings. The molecule has 2 atom stereocenters. The first-order chi connectivity index (χ1) is 11.3. The third-order valence-corrected chi connectivity index (χ3v) is 4.39. The molecule has 118 valence electrons. The summed E-state index contributed by atoms with van der Waals surface area (Å²) in [6.07, 6.45) is 5.07. The van der Waals surface area contributed by atoms with Crippen molar-refractivity contribution in [2.45, 2.75) is 31.4 Å². The highest BCUT2D eigenvalue weighted by Crippen LogP contribution is 2.27. The lowest BCUT2D eigenvalue weighted by Crippen LogP contribution is -2.19. The molecular formula is C17H19N5O. The van der Waals surface area contributed by atoms with E-state index >= 15 is 0 Å². The highest BCUT2D eigenvalue weighted by Gasteiger charge is 2.25. The molecule has 0 spiro atoms. The van der Waals surface area contributed by atoms with Crippen LogP contribution < -0.4 is 5.32 Å². The molecule has 2 heterocycles. The quantitative estimate of drug-likeness (QED) is 0.803. The highest BCUT2D eigenvalue weighted by molar-refractivity contribution is 5.65. The lowest BCUT2D eigenvalue weighted by Gasteiger charge is -2.15. The van der Waals surface area contributed by atoms with Crippen molar-refractivity contribution in [3.63, 3.8) is 0 Å². The highest BCUT2D eigenvalue weighted by atomic mass is 16.5. The fraction of sp³-hybridized carbons (Fsp3) is 0.353. The van der Waals surface area contributed by atoms with Gasteiger partial charge in [-0.1, -0.05) is 30.3 Å². The largest absolute Gasteiger partial charge is 0.381 e. The second kappa shape index (κ2) is 5.96. The summed E-state index contributed by atoms with van der Waals surface area (Å²) < 4.78 is 7.21. The van der Waals surface area contributed by atoms with Crippen LogP contribution in [0.2, 0.25) is 0 Å². The van der Waals surface area contributed by atoms with E-state index in [-0.39, 0.29) is 0 Å². The molecule has 0 amide bonds. The number of methoxy groups -OCH3 is 1. The minimum absolute atomic E-state index is 0.342. The Hall–Kier alpha value is -2.47. The number of anilines is 1. The van der Waals surface area contributed by atoms with E-state index in [0.717, 1.165) is 36.3 Å². The van der Waals surface area contributed by atoms with Crippen molar-refractivity contribution < 1.29 is 4.74 Å². The van der Waals surface area contributed by atoms with E-state index in [0.29, 0.717) is 17.9 Å². The van der Waals surface area contributed by atoms with Gasteiger partial charge in [-0.3, -0.25) is 0 Å². The molecular weight excluding hydrogens is 290 g/mol. The summed E-state index contributed by atoms with van der Waals surface area (Å²) in [4.78, 5) is 8.84. The van der Waals surface area contributed by atoms with E-state index in [1.165, 1.54) is 6.33 Å². The predicted octanol–water partition coefficient (Wildman–Crippen LogP) is 2.77. The van der Waals surface area contributed by atoms with E-state index in [2.05, 4.69) is 32.5 Å². The van der Waals surface area contributed by atoms with Gasteiger partial charge in [-0.15, -0.1) is 0 Å². The van der Waals surface area contributed by atoms with Crippen molar-refractivity contribution in [3.8, 4) is 11.3 Å². The molecule has 0 aliphatic heterocycles. The molecule has 4 rings (SSSR count). The van der Waals surface area contributed by atoms with E-state index < -0.39 is 0 Å². The van der Waals surface area contributed by atoms with Gasteiger partial charge >= 0.3 is 0 Å². The zero-order valence-corrected chi connectivity index (χ0v) is 13.0. The van der Waals surface area contributed by atoms with Crippen LogP contribution >= 0.6 is 0 Å². The van der Waals surface area contributed by atoms with Crippen molar-refractivity contribution in [3.05, 3.63) is 42.7 Å². The normalized spacial score (nSPS) is 20.9. The summed E-state index contributed by atoms with van der Waals surface area (Å²) >= 11 is 0. The Morgan fingerprint density at radius 1 is 1.22 bits per heavy atom. The molecule has 6 nitrogen and oxygen atoms in total. The molecule has 1 aliphatic carbocycles. The average molecular weight is 309 g/mol. The summed E-state index contributed by atoms with van der Waals surface area (Å²) in [5.74, 6) is 1.53. The van der Waals surface area contributed by atoms with Crippen LogP contribution in [0.4, 0.5) is 5.82 Å². The monoisotopic (exact) mass is 309 g/mol. The predicted molar refractivity (Wildman–Crippen MR) is 88.3 cm³/mol. The third kappa shape index (κ3) is 2.77. The molecule has 6 heteroatoms. The molecule has 1 N–H and O–H groups in total. The van der Waals surface area contributed by atoms with E-state index in [1.807, 2.05) is 24.3 Å². The Kier molecular flexibility index (Phi) is 3.67. The Bertz CT molecular complexity index is 801. The van der Waals surface area contributed by atoms with Gasteiger partial charge < -0.3 is 10.1 Å². The number of fused-ring (bicyclic) bond motifs is 1. The molecule has 0 saturated heterocycles. The fourth-order valence-electron chi connectivity index (χ4n) is 3.17. The third-order valence-electron chi connectivity index (χ3n) is 4.39. The Balaban J connectivity index is 1.69. The fourth-order valence-corrected chi connectivity index (χ4v) is 3.17. The van der Waals surface area contributed by atoms with Crippen molar-refractivity contribution in [1.82, 2.24) is 19.6 Å². The van der Waals surface area contributed by atoms with E-state index in [1.54, 1.807) is 11.6 Å². The van der Waals surface area contributed by atoms with Crippen molar-refractivity contribution in [1.29, 1.82) is 0 Å². The van der Waals surface area contributed by atoms with Crippen molar-refractivity contribution in [2.75, 3.05) is 12.4 Å². The number of hydrogen-bond acceptors (Lipinski definition) is 5. The minimum Gasteiger partial charge on any atom is -0.381 e. The smallest absolute Gasteiger partial charge is 0.254 e. The number of ether oxygens (including phenoxy) is 1. The standard InChI is InChI=1S/C17H19N5O/c1-23-14-8-7-13(9-14)20-16-10-15(12-5-3-2-4-6-12)21-17-18-11-19-22(16)17/h2-6,10-11,13-14,20H,7-9H2,1H3. The molecule has 1 aromatic carbocycles. The first-order valence-electron chi connectivity index (χ1n) is 7.89.